The number of amides is 4. The van der Waals surface area contributed by atoms with E-state index in [2.05, 4.69) is 15.7 Å². The van der Waals surface area contributed by atoms with Gasteiger partial charge in [0.1, 0.15) is 11.1 Å². The van der Waals surface area contributed by atoms with Gasteiger partial charge in [-0.15, -0.1) is 23.5 Å². The van der Waals surface area contributed by atoms with Crippen molar-refractivity contribution in [1.29, 1.82) is 0 Å². The summed E-state index contributed by atoms with van der Waals surface area (Å²) in [6.45, 7) is 0. The molecular formula is C14H17N7O6S2. The highest BCUT2D eigenvalue weighted by molar-refractivity contribution is 8.01. The molecule has 0 aromatic rings. The normalized spacial score (nSPS) is 28.8. The van der Waals surface area contributed by atoms with Gasteiger partial charge in [-0.2, -0.15) is 5.10 Å². The zero-order valence-corrected chi connectivity index (χ0v) is 16.6. The summed E-state index contributed by atoms with van der Waals surface area (Å²) in [4.78, 5) is 59.1. The first kappa shape index (κ1) is 20.9. The average molecular weight is 443 g/mol. The summed E-state index contributed by atoms with van der Waals surface area (Å²) in [5, 5.41) is 18.8. The fourth-order valence-electron chi connectivity index (χ4n) is 3.01. The van der Waals surface area contributed by atoms with E-state index in [1.54, 1.807) is 0 Å². The zero-order valence-electron chi connectivity index (χ0n) is 14.9. The number of rotatable bonds is 7. The monoisotopic (exact) mass is 443 g/mol. The lowest BCUT2D eigenvalue weighted by molar-refractivity contribution is -0.157. The van der Waals surface area contributed by atoms with Gasteiger partial charge in [0, 0.05) is 18.6 Å². The van der Waals surface area contributed by atoms with E-state index in [9.17, 15) is 29.1 Å². The van der Waals surface area contributed by atoms with E-state index in [0.717, 1.165) is 16.7 Å². The maximum atomic E-state index is 12.4. The number of carbonyl (C=O) groups is 5. The fourth-order valence-corrected chi connectivity index (χ4v) is 5.57. The molecule has 4 amide bonds. The number of hydrogen-bond donors (Lipinski definition) is 5. The number of nitrogens with zero attached hydrogens (tertiary/aromatic N) is 3. The number of carbonyl (C=O) groups excluding carboxylic acids is 4. The summed E-state index contributed by atoms with van der Waals surface area (Å²) in [6, 6.07) is 0. The number of fused-ring (bicyclic) bond motifs is 1. The molecule has 7 N–H and O–H groups in total. The molecule has 3 aliphatic rings. The third kappa shape index (κ3) is 3.40. The first-order chi connectivity index (χ1) is 13.6. The Labute approximate surface area is 172 Å². The fraction of sp³-hybridized carbons (Fsp3) is 0.429. The highest BCUT2D eigenvalue weighted by Gasteiger charge is 2.63. The van der Waals surface area contributed by atoms with Crippen LogP contribution in [0.25, 0.3) is 0 Å². The van der Waals surface area contributed by atoms with Gasteiger partial charge >= 0.3 is 5.97 Å². The molecule has 3 atom stereocenters. The second-order valence-corrected chi connectivity index (χ2v) is 8.39. The third-order valence-corrected chi connectivity index (χ3v) is 7.07. The number of hydrogen-bond acceptors (Lipinski definition) is 10. The van der Waals surface area contributed by atoms with E-state index < -0.39 is 45.9 Å². The van der Waals surface area contributed by atoms with E-state index in [4.69, 9.17) is 11.5 Å². The molecule has 0 radical (unpaired) electrons. The Morgan fingerprint density at radius 3 is 2.79 bits per heavy atom. The van der Waals surface area contributed by atoms with Crippen LogP contribution in [0.4, 0.5) is 0 Å². The van der Waals surface area contributed by atoms with Gasteiger partial charge in [-0.1, -0.05) is 0 Å². The van der Waals surface area contributed by atoms with Gasteiger partial charge in [0.2, 0.25) is 17.8 Å². The van der Waals surface area contributed by atoms with Gasteiger partial charge in [0.15, 0.2) is 5.50 Å². The molecule has 0 saturated carbocycles. The van der Waals surface area contributed by atoms with Crippen LogP contribution in [0.2, 0.25) is 0 Å². The lowest BCUT2D eigenvalue weighted by atomic mass is 9.97. The lowest BCUT2D eigenvalue weighted by Crippen LogP contribution is -2.83. The van der Waals surface area contributed by atoms with Crippen molar-refractivity contribution in [3.8, 4) is 0 Å². The Morgan fingerprint density at radius 2 is 2.21 bits per heavy atom. The predicted molar refractivity (Wildman–Crippen MR) is 103 cm³/mol. The largest absolute Gasteiger partial charge is 0.477 e. The van der Waals surface area contributed by atoms with Crippen molar-refractivity contribution in [2.45, 2.75) is 16.5 Å². The number of primary amides is 1. The molecule has 1 fully saturated rings. The molecule has 3 rings (SSSR count). The van der Waals surface area contributed by atoms with Crippen molar-refractivity contribution in [1.82, 2.24) is 20.5 Å². The third-order valence-electron chi connectivity index (χ3n) is 4.40. The van der Waals surface area contributed by atoms with Crippen LogP contribution in [0.5, 0.6) is 0 Å². The number of thioether (sulfide) groups is 2. The zero-order chi connectivity index (χ0) is 21.5. The van der Waals surface area contributed by atoms with Gasteiger partial charge < -0.3 is 21.5 Å². The van der Waals surface area contributed by atoms with Crippen molar-refractivity contribution in [3.63, 3.8) is 0 Å². The molecule has 0 aliphatic carbocycles. The first-order valence-electron chi connectivity index (χ1n) is 8.06. The Morgan fingerprint density at radius 1 is 1.52 bits per heavy atom. The number of nitrogens with two attached hydrogens (primary N) is 2. The van der Waals surface area contributed by atoms with Crippen molar-refractivity contribution < 1.29 is 29.1 Å². The Kier molecular flexibility index (Phi) is 5.46. The second-order valence-electron chi connectivity index (χ2n) is 6.25. The molecule has 0 aromatic heterocycles. The molecule has 1 unspecified atom stereocenters. The Balaban J connectivity index is 1.77. The van der Waals surface area contributed by atoms with Crippen molar-refractivity contribution in [3.05, 3.63) is 11.3 Å². The quantitative estimate of drug-likeness (QED) is 0.150. The number of hydrazone groups is 1. The summed E-state index contributed by atoms with van der Waals surface area (Å²) in [5.74, 6) is -3.32. The highest BCUT2D eigenvalue weighted by Crippen LogP contribution is 2.44. The van der Waals surface area contributed by atoms with Crippen LogP contribution in [0, 0.1) is 0 Å². The molecular weight excluding hydrogens is 426 g/mol. The van der Waals surface area contributed by atoms with Crippen LogP contribution < -0.4 is 22.1 Å². The van der Waals surface area contributed by atoms with E-state index in [-0.39, 0.29) is 17.2 Å². The molecule has 156 valence electrons. The van der Waals surface area contributed by atoms with Gasteiger partial charge in [0.25, 0.3) is 17.7 Å². The van der Waals surface area contributed by atoms with E-state index >= 15 is 0 Å². The molecule has 0 bridgehead atoms. The SMILES string of the molecule is CN1N=C(C(N)=O)C(=O)NC1SCC1=C(C(=O)O)N2C(=O)[C@](N)(NC=O)[C@@H]2SC1. The van der Waals surface area contributed by atoms with E-state index in [1.165, 1.54) is 23.8 Å². The smallest absolute Gasteiger partial charge is 0.352 e. The topological polar surface area (TPSA) is 201 Å². The van der Waals surface area contributed by atoms with Gasteiger partial charge in [0.05, 0.1) is 0 Å². The van der Waals surface area contributed by atoms with Gasteiger partial charge in [-0.05, 0) is 5.57 Å². The number of aliphatic carboxylic acids is 1. The molecule has 3 aliphatic heterocycles. The summed E-state index contributed by atoms with van der Waals surface area (Å²) in [5.41, 5.74) is 8.47. The molecule has 1 saturated heterocycles. The average Bonchev–Trinajstić information content (AvgIpc) is 2.66. The standard InChI is InChI=1S/C14H17N7O6S2/c1-20-13(18-9(24)6(19-20)8(15)23)29-3-5-2-28-12-14(16,17-4-22)11(27)21(12)7(5)10(25)26/h4,12-13H,2-3,16H2,1H3,(H2,15,23)(H,17,22)(H,18,24)(H,25,26)/t12-,13?,14-/m0/s1. The number of β-lactam (4-membered cyclic amide) rings is 1. The van der Waals surface area contributed by atoms with Crippen LogP contribution in [-0.2, 0) is 24.0 Å². The molecule has 15 heteroatoms. The minimum Gasteiger partial charge on any atom is -0.477 e. The Bertz CT molecular complexity index is 877. The van der Waals surface area contributed by atoms with E-state index in [0.29, 0.717) is 12.0 Å². The maximum absolute atomic E-state index is 12.4. The highest BCUT2D eigenvalue weighted by atomic mass is 32.2. The summed E-state index contributed by atoms with van der Waals surface area (Å²) >= 11 is 2.37. The molecule has 0 aromatic carbocycles. The first-order valence-corrected chi connectivity index (χ1v) is 10.2. The van der Waals surface area contributed by atoms with Crippen molar-refractivity contribution >= 4 is 59.3 Å². The summed E-state index contributed by atoms with van der Waals surface area (Å²) in [6.07, 6.45) is 0.299. The molecule has 29 heavy (non-hydrogen) atoms. The van der Waals surface area contributed by atoms with Crippen molar-refractivity contribution in [2.24, 2.45) is 16.6 Å². The molecule has 0 spiro atoms. The Hall–Kier alpha value is -2.78. The molecule has 3 heterocycles. The lowest BCUT2D eigenvalue weighted by Gasteiger charge is -2.54. The minimum atomic E-state index is -1.65. The van der Waals surface area contributed by atoms with Gasteiger partial charge in [-0.25, -0.2) is 4.79 Å². The number of carboxylic acid groups (broad SMARTS) is 1. The molecule has 13 nitrogen and oxygen atoms in total. The number of carboxylic acids is 1. The maximum Gasteiger partial charge on any atom is 0.352 e. The van der Waals surface area contributed by atoms with Gasteiger partial charge in [-0.3, -0.25) is 34.8 Å². The van der Waals surface area contributed by atoms with Crippen LogP contribution in [0.15, 0.2) is 16.4 Å². The van der Waals surface area contributed by atoms with E-state index in [1.807, 2.05) is 0 Å². The van der Waals surface area contributed by atoms with Crippen LogP contribution in [0.1, 0.15) is 0 Å². The predicted octanol–water partition coefficient (Wildman–Crippen LogP) is -3.44. The van der Waals surface area contributed by atoms with Crippen LogP contribution in [-0.4, -0.2) is 85.9 Å². The van der Waals surface area contributed by atoms with Crippen LogP contribution in [0.3, 0.4) is 0 Å². The minimum absolute atomic E-state index is 0.153. The second kappa shape index (κ2) is 7.57. The van der Waals surface area contributed by atoms with Crippen LogP contribution >= 0.6 is 23.5 Å². The number of nitrogens with one attached hydrogen (secondary N) is 2. The van der Waals surface area contributed by atoms with Crippen molar-refractivity contribution in [2.75, 3.05) is 18.6 Å². The summed E-state index contributed by atoms with van der Waals surface area (Å²) < 4.78 is 0. The summed E-state index contributed by atoms with van der Waals surface area (Å²) in [7, 11) is 1.52.